The van der Waals surface area contributed by atoms with Crippen LogP contribution in [-0.2, 0) is 20.8 Å². The molecule has 204 valence electrons. The molecule has 5 unspecified atom stereocenters. The molecule has 0 radical (unpaired) electrons. The third kappa shape index (κ3) is 3.55. The van der Waals surface area contributed by atoms with Crippen LogP contribution in [0.15, 0.2) is 23.0 Å². The summed E-state index contributed by atoms with van der Waals surface area (Å²) in [5, 5.41) is 59.0. The third-order valence-electron chi connectivity index (χ3n) is 7.52. The average molecular weight is 548 g/mol. The van der Waals surface area contributed by atoms with Gasteiger partial charge >= 0.3 is 0 Å². The molecule has 0 heterocycles. The van der Waals surface area contributed by atoms with Gasteiger partial charge < -0.3 is 47.2 Å². The van der Waals surface area contributed by atoms with Crippen molar-refractivity contribution in [1.82, 2.24) is 4.90 Å². The number of amides is 1. The Bertz CT molecular complexity index is 1370. The monoisotopic (exact) mass is 547 g/mol. The van der Waals surface area contributed by atoms with Gasteiger partial charge in [-0.15, -0.1) is 0 Å². The lowest BCUT2D eigenvalue weighted by Gasteiger charge is -2.52. The number of carbonyl (C=O) groups is 3. The van der Waals surface area contributed by atoms with Crippen LogP contribution in [0.4, 0.5) is 11.4 Å². The van der Waals surface area contributed by atoms with Gasteiger partial charge in [-0.1, -0.05) is 0 Å². The molecular formula is C24H29N5O8S. The summed E-state index contributed by atoms with van der Waals surface area (Å²) in [6, 6.07) is 0.112. The highest BCUT2D eigenvalue weighted by molar-refractivity contribution is 7.80. The van der Waals surface area contributed by atoms with Crippen molar-refractivity contribution in [2.45, 2.75) is 24.2 Å². The molecule has 38 heavy (non-hydrogen) atoms. The van der Waals surface area contributed by atoms with Crippen molar-refractivity contribution >= 4 is 51.9 Å². The molecule has 13 nitrogen and oxygen atoms in total. The van der Waals surface area contributed by atoms with E-state index in [0.717, 1.165) is 0 Å². The van der Waals surface area contributed by atoms with E-state index in [1.807, 2.05) is 0 Å². The number of phenols is 1. The van der Waals surface area contributed by atoms with Crippen LogP contribution in [0, 0.1) is 11.8 Å². The fourth-order valence-corrected chi connectivity index (χ4v) is 6.04. The molecule has 0 aliphatic heterocycles. The second-order valence-corrected chi connectivity index (χ2v) is 10.5. The highest BCUT2D eigenvalue weighted by atomic mass is 32.1. The molecule has 3 aliphatic rings. The number of aliphatic hydroxyl groups excluding tert-OH is 3. The van der Waals surface area contributed by atoms with Gasteiger partial charge in [0.05, 0.1) is 29.3 Å². The zero-order valence-electron chi connectivity index (χ0n) is 21.0. The van der Waals surface area contributed by atoms with Crippen LogP contribution >= 0.6 is 12.2 Å². The number of Topliss-reactive ketones (excluding diaryl/α,β-unsaturated/α-hetero) is 2. The largest absolute Gasteiger partial charge is 0.508 e. The Labute approximate surface area is 222 Å². The van der Waals surface area contributed by atoms with E-state index in [2.05, 4.69) is 5.32 Å². The predicted molar refractivity (Wildman–Crippen MR) is 140 cm³/mol. The quantitative estimate of drug-likeness (QED) is 0.124. The minimum atomic E-state index is -2.97. The van der Waals surface area contributed by atoms with E-state index in [1.165, 1.54) is 25.1 Å². The van der Waals surface area contributed by atoms with Crippen LogP contribution in [0.5, 0.6) is 5.75 Å². The topological polar surface area (TPSA) is 223 Å². The number of benzene rings is 1. The van der Waals surface area contributed by atoms with Crippen LogP contribution in [0.3, 0.4) is 0 Å². The van der Waals surface area contributed by atoms with Gasteiger partial charge in [0, 0.05) is 31.3 Å². The number of hydrogen-bond donors (Lipinski definition) is 8. The number of thiocarbonyl (C=S) groups is 1. The molecule has 3 aliphatic carbocycles. The first-order valence-electron chi connectivity index (χ1n) is 11.5. The summed E-state index contributed by atoms with van der Waals surface area (Å²) >= 11 is 4.87. The minimum Gasteiger partial charge on any atom is -0.508 e. The van der Waals surface area contributed by atoms with Gasteiger partial charge in [-0.25, -0.2) is 0 Å². The molecule has 4 rings (SSSR count). The van der Waals surface area contributed by atoms with Gasteiger partial charge in [-0.05, 0) is 44.4 Å². The molecule has 1 aromatic carbocycles. The van der Waals surface area contributed by atoms with Crippen molar-refractivity contribution in [3.8, 4) is 5.75 Å². The molecular weight excluding hydrogens is 518 g/mol. The van der Waals surface area contributed by atoms with E-state index in [-0.39, 0.29) is 22.8 Å². The maximum atomic E-state index is 13.9. The number of nitrogens with zero attached hydrogens (tertiary/aromatic N) is 2. The zero-order chi connectivity index (χ0) is 28.6. The molecule has 1 saturated carbocycles. The Balaban J connectivity index is 2.05. The summed E-state index contributed by atoms with van der Waals surface area (Å²) in [5.41, 5.74) is 7.16. The fraction of sp³-hybridized carbons (Fsp3) is 0.417. The summed E-state index contributed by atoms with van der Waals surface area (Å²) in [5.74, 6) is -8.89. The molecule has 0 saturated heterocycles. The number of aromatic hydroxyl groups is 1. The summed E-state index contributed by atoms with van der Waals surface area (Å²) in [6.45, 7) is 0. The lowest BCUT2D eigenvalue weighted by Crippen LogP contribution is -2.70. The van der Waals surface area contributed by atoms with Gasteiger partial charge in [0.25, 0.3) is 5.91 Å². The van der Waals surface area contributed by atoms with Crippen molar-refractivity contribution in [3.05, 3.63) is 34.1 Å². The highest BCUT2D eigenvalue weighted by Gasteiger charge is 2.67. The first kappa shape index (κ1) is 27.3. The molecule has 0 bridgehead atoms. The molecule has 10 N–H and O–H groups in total. The van der Waals surface area contributed by atoms with Crippen LogP contribution in [0.1, 0.15) is 11.1 Å². The number of hydrogen-bond acceptors (Lipinski definition) is 11. The van der Waals surface area contributed by atoms with Gasteiger partial charge in [-0.2, -0.15) is 0 Å². The Hall–Kier alpha value is -3.72. The highest BCUT2D eigenvalue weighted by Crippen LogP contribution is 2.54. The van der Waals surface area contributed by atoms with E-state index in [0.29, 0.717) is 11.3 Å². The molecule has 1 amide bonds. The first-order valence-corrected chi connectivity index (χ1v) is 11.9. The van der Waals surface area contributed by atoms with Crippen LogP contribution < -0.4 is 21.7 Å². The smallest absolute Gasteiger partial charge is 0.255 e. The number of rotatable bonds is 4. The van der Waals surface area contributed by atoms with E-state index in [1.54, 1.807) is 19.0 Å². The van der Waals surface area contributed by atoms with Crippen molar-refractivity contribution in [3.63, 3.8) is 0 Å². The molecule has 1 aromatic rings. The maximum Gasteiger partial charge on any atom is 0.255 e. The lowest BCUT2D eigenvalue weighted by atomic mass is 9.56. The van der Waals surface area contributed by atoms with Crippen molar-refractivity contribution in [2.24, 2.45) is 23.3 Å². The molecule has 14 heteroatoms. The summed E-state index contributed by atoms with van der Waals surface area (Å²) in [7, 11) is 6.28. The van der Waals surface area contributed by atoms with E-state index < -0.39 is 75.5 Å². The van der Waals surface area contributed by atoms with Gasteiger partial charge in [0.2, 0.25) is 5.78 Å². The number of nitrogens with one attached hydrogen (secondary N) is 1. The summed E-state index contributed by atoms with van der Waals surface area (Å²) < 4.78 is 0. The second-order valence-electron chi connectivity index (χ2n) is 10.1. The van der Waals surface area contributed by atoms with Crippen LogP contribution in [0.2, 0.25) is 0 Å². The summed E-state index contributed by atoms with van der Waals surface area (Å²) in [6.07, 6.45) is -1.76. The molecule has 1 fully saturated rings. The number of ketones is 2. The lowest BCUT2D eigenvalue weighted by molar-refractivity contribution is -0.168. The molecule has 5 atom stereocenters. The van der Waals surface area contributed by atoms with E-state index in [9.17, 15) is 39.9 Å². The zero-order valence-corrected chi connectivity index (χ0v) is 21.8. The van der Waals surface area contributed by atoms with Crippen molar-refractivity contribution < 1.29 is 39.9 Å². The first-order chi connectivity index (χ1) is 17.6. The number of fused-ring (bicyclic) bond motifs is 3. The number of aliphatic hydroxyl groups is 4. The van der Waals surface area contributed by atoms with Crippen molar-refractivity contribution in [2.75, 3.05) is 38.4 Å². The van der Waals surface area contributed by atoms with E-state index >= 15 is 0 Å². The number of anilines is 2. The number of likely N-dealkylation sites (N-methyl/N-ethyl adjacent to an activating group) is 1. The Kier molecular flexibility index (Phi) is 6.43. The second kappa shape index (κ2) is 8.94. The maximum absolute atomic E-state index is 13.9. The Morgan fingerprint density at radius 3 is 2.26 bits per heavy atom. The Morgan fingerprint density at radius 1 is 1.16 bits per heavy atom. The Morgan fingerprint density at radius 2 is 1.76 bits per heavy atom. The van der Waals surface area contributed by atoms with E-state index in [4.69, 9.17) is 23.7 Å². The molecule has 0 spiro atoms. The van der Waals surface area contributed by atoms with Crippen molar-refractivity contribution in [1.29, 1.82) is 0 Å². The number of phenolic OH excluding ortho intramolecular Hbond substituents is 1. The van der Waals surface area contributed by atoms with Crippen LogP contribution in [0.25, 0.3) is 5.76 Å². The summed E-state index contributed by atoms with van der Waals surface area (Å²) in [4.78, 5) is 42.2. The molecule has 0 aromatic heterocycles. The number of primary amides is 1. The van der Waals surface area contributed by atoms with Gasteiger partial charge in [0.1, 0.15) is 22.8 Å². The normalized spacial score (nSPS) is 28.6. The van der Waals surface area contributed by atoms with Gasteiger partial charge in [-0.3, -0.25) is 19.3 Å². The predicted octanol–water partition coefficient (Wildman–Crippen LogP) is -1.34. The van der Waals surface area contributed by atoms with Gasteiger partial charge in [0.15, 0.2) is 16.5 Å². The van der Waals surface area contributed by atoms with Crippen LogP contribution in [-0.4, -0.2) is 99.0 Å². The minimum absolute atomic E-state index is 0.0284. The number of nitrogens with two attached hydrogens (primary N) is 2. The number of carbonyl (C=O) groups excluding carboxylic acids is 3. The SMILES string of the molecule is CN(C)c1cc(NC(N)=S)c(O)c2c1CC1C(=C2O)C(=O)C2(O)C(O)=C(C(N)=O)C(=O)C(N(C)C)C2C1O. The standard InChI is InChI=1S/C24H29N5O8S/c1-28(2)10-6-9(27-23(26)38)17(31)11-7(10)5-8-12(18(11)32)20(34)24(37)14(16(8)30)15(29(3)4)19(33)13(21(24)35)22(25)36/h6,8,14-16,30-32,35,37H,5H2,1-4H3,(H2,25,36)(H3,26,27,38). The fourth-order valence-electron chi connectivity index (χ4n) is 5.93. The average Bonchev–Trinajstić information content (AvgIpc) is 2.79. The third-order valence-corrected chi connectivity index (χ3v) is 7.62.